The van der Waals surface area contributed by atoms with Gasteiger partial charge in [0.25, 0.3) is 5.91 Å². The second kappa shape index (κ2) is 13.4. The highest BCUT2D eigenvalue weighted by atomic mass is 19.1. The molecule has 3 heterocycles. The second-order valence-electron chi connectivity index (χ2n) is 11.1. The first-order chi connectivity index (χ1) is 23.2. The molecule has 0 bridgehead atoms. The first kappa shape index (κ1) is 31.4. The smallest absolute Gasteiger partial charge is 0.305 e. The lowest BCUT2D eigenvalue weighted by Crippen LogP contribution is -2.28. The molecule has 238 valence electrons. The Bertz CT molecular complexity index is 2160. The van der Waals surface area contributed by atoms with Gasteiger partial charge in [0.1, 0.15) is 29.8 Å². The SMILES string of the molecule is C[C@H](NC(=O)c1cc(C#N)cnc1N[C@H](CC(=O)O)c1ccc(-c2cn(-c3ccccc3)c3ncnc(N)c23)cc1)c1ccc(F)cc1. The molecule has 48 heavy (non-hydrogen) atoms. The van der Waals surface area contributed by atoms with E-state index in [-0.39, 0.29) is 23.4 Å². The Morgan fingerprint density at radius 2 is 1.71 bits per heavy atom. The number of aromatic nitrogens is 4. The predicted octanol–water partition coefficient (Wildman–Crippen LogP) is 6.19. The molecule has 2 atom stereocenters. The monoisotopic (exact) mass is 640 g/mol. The van der Waals surface area contributed by atoms with Crippen molar-refractivity contribution < 1.29 is 19.1 Å². The number of aliphatic carboxylic acids is 1. The second-order valence-corrected chi connectivity index (χ2v) is 11.1. The first-order valence-corrected chi connectivity index (χ1v) is 14.9. The molecular formula is C36H29FN8O3. The third kappa shape index (κ3) is 6.52. The number of hydrogen-bond acceptors (Lipinski definition) is 8. The molecule has 3 aromatic carbocycles. The maximum absolute atomic E-state index is 13.5. The van der Waals surface area contributed by atoms with Gasteiger partial charge in [-0.2, -0.15) is 5.26 Å². The molecule has 5 N–H and O–H groups in total. The number of carbonyl (C=O) groups excluding carboxylic acids is 1. The van der Waals surface area contributed by atoms with Gasteiger partial charge in [-0.25, -0.2) is 19.3 Å². The summed E-state index contributed by atoms with van der Waals surface area (Å²) in [6.45, 7) is 1.74. The van der Waals surface area contributed by atoms with E-state index in [2.05, 4.69) is 25.6 Å². The lowest BCUT2D eigenvalue weighted by molar-refractivity contribution is -0.137. The number of carboxylic acids is 1. The number of hydrogen-bond donors (Lipinski definition) is 4. The number of nitrogens with two attached hydrogens (primary N) is 1. The number of para-hydroxylation sites is 1. The molecule has 11 nitrogen and oxygen atoms in total. The Morgan fingerprint density at radius 3 is 2.40 bits per heavy atom. The maximum atomic E-state index is 13.5. The van der Waals surface area contributed by atoms with Gasteiger partial charge in [0.15, 0.2) is 5.65 Å². The number of anilines is 2. The standard InChI is InChI=1S/C36H29FN8O3/c1-21(23-11-13-26(37)14-12-23)43-36(48)28-15-22(17-38)18-40-34(28)44-30(16-31(46)47)25-9-7-24(8-10-25)29-19-45(27-5-3-2-4-6-27)35-32(29)33(39)41-20-42-35/h2-15,18-21,30H,16H2,1H3,(H,40,44)(H,43,48)(H,46,47)(H2,39,41,42)/t21-,30+/m0/s1. The van der Waals surface area contributed by atoms with Crippen LogP contribution in [0, 0.1) is 17.1 Å². The Labute approximate surface area is 274 Å². The van der Waals surface area contributed by atoms with Crippen LogP contribution in [-0.4, -0.2) is 36.5 Å². The van der Waals surface area contributed by atoms with Crippen molar-refractivity contribution in [3.8, 4) is 22.9 Å². The Hall–Kier alpha value is -6.61. The summed E-state index contributed by atoms with van der Waals surface area (Å²) in [6.07, 6.45) is 4.33. The molecule has 0 aliphatic heterocycles. The minimum absolute atomic E-state index is 0.0548. The first-order valence-electron chi connectivity index (χ1n) is 14.9. The largest absolute Gasteiger partial charge is 0.481 e. The van der Waals surface area contributed by atoms with E-state index in [4.69, 9.17) is 5.73 Å². The number of halogens is 1. The number of carbonyl (C=O) groups is 2. The molecule has 3 aromatic heterocycles. The van der Waals surface area contributed by atoms with Gasteiger partial charge in [-0.3, -0.25) is 9.59 Å². The highest BCUT2D eigenvalue weighted by Gasteiger charge is 2.23. The molecule has 0 saturated heterocycles. The number of nitrogens with one attached hydrogen (secondary N) is 2. The van der Waals surface area contributed by atoms with Crippen molar-refractivity contribution in [3.05, 3.63) is 132 Å². The molecule has 0 aliphatic carbocycles. The third-order valence-corrected chi connectivity index (χ3v) is 7.94. The van der Waals surface area contributed by atoms with Crippen LogP contribution in [0.25, 0.3) is 27.8 Å². The molecule has 0 unspecified atom stereocenters. The minimum Gasteiger partial charge on any atom is -0.481 e. The lowest BCUT2D eigenvalue weighted by atomic mass is 9.98. The quantitative estimate of drug-likeness (QED) is 0.136. The van der Waals surface area contributed by atoms with E-state index >= 15 is 0 Å². The van der Waals surface area contributed by atoms with Crippen molar-refractivity contribution in [2.45, 2.75) is 25.4 Å². The number of rotatable bonds is 10. The molecule has 6 rings (SSSR count). The summed E-state index contributed by atoms with van der Waals surface area (Å²) in [5.74, 6) is -1.59. The van der Waals surface area contributed by atoms with Gasteiger partial charge >= 0.3 is 5.97 Å². The maximum Gasteiger partial charge on any atom is 0.305 e. The topological polar surface area (TPSA) is 172 Å². The average Bonchev–Trinajstić information content (AvgIpc) is 3.49. The number of pyridine rings is 1. The summed E-state index contributed by atoms with van der Waals surface area (Å²) >= 11 is 0. The molecular weight excluding hydrogens is 611 g/mol. The number of carboxylic acid groups (broad SMARTS) is 1. The van der Waals surface area contributed by atoms with Gasteiger partial charge in [0, 0.05) is 23.6 Å². The molecule has 0 fully saturated rings. The van der Waals surface area contributed by atoms with E-state index in [9.17, 15) is 24.3 Å². The Kier molecular flexibility index (Phi) is 8.76. The molecule has 1 amide bonds. The molecule has 0 radical (unpaired) electrons. The van der Waals surface area contributed by atoms with Gasteiger partial charge in [-0.15, -0.1) is 0 Å². The van der Waals surface area contributed by atoms with Gasteiger partial charge in [0.2, 0.25) is 0 Å². The zero-order valence-corrected chi connectivity index (χ0v) is 25.6. The highest BCUT2D eigenvalue weighted by Crippen LogP contribution is 2.35. The Morgan fingerprint density at radius 1 is 1.00 bits per heavy atom. The number of nitrogen functional groups attached to an aromatic ring is 1. The zero-order valence-electron chi connectivity index (χ0n) is 25.6. The van der Waals surface area contributed by atoms with Crippen molar-refractivity contribution in [3.63, 3.8) is 0 Å². The fourth-order valence-corrected chi connectivity index (χ4v) is 5.50. The summed E-state index contributed by atoms with van der Waals surface area (Å²) in [5.41, 5.74) is 11.0. The summed E-state index contributed by atoms with van der Waals surface area (Å²) < 4.78 is 15.4. The van der Waals surface area contributed by atoms with Gasteiger partial charge < -0.3 is 26.0 Å². The van der Waals surface area contributed by atoms with E-state index < -0.39 is 29.8 Å². The fourth-order valence-electron chi connectivity index (χ4n) is 5.50. The number of benzene rings is 3. The highest BCUT2D eigenvalue weighted by molar-refractivity contribution is 6.01. The van der Waals surface area contributed by atoms with E-state index in [0.717, 1.165) is 16.8 Å². The summed E-state index contributed by atoms with van der Waals surface area (Å²) in [7, 11) is 0. The zero-order chi connectivity index (χ0) is 33.8. The van der Waals surface area contributed by atoms with E-state index in [1.165, 1.54) is 30.7 Å². The van der Waals surface area contributed by atoms with Crippen LogP contribution in [0.4, 0.5) is 16.0 Å². The van der Waals surface area contributed by atoms with Crippen LogP contribution in [0.3, 0.4) is 0 Å². The fraction of sp³-hybridized carbons (Fsp3) is 0.111. The van der Waals surface area contributed by atoms with Crippen molar-refractivity contribution in [1.82, 2.24) is 24.8 Å². The van der Waals surface area contributed by atoms with Gasteiger partial charge in [-0.1, -0.05) is 54.6 Å². The third-order valence-electron chi connectivity index (χ3n) is 7.94. The van der Waals surface area contributed by atoms with Crippen LogP contribution in [0.15, 0.2) is 104 Å². The number of amides is 1. The minimum atomic E-state index is -1.07. The van der Waals surface area contributed by atoms with E-state index in [1.807, 2.05) is 59.3 Å². The van der Waals surface area contributed by atoms with Gasteiger partial charge in [-0.05, 0) is 53.9 Å². The van der Waals surface area contributed by atoms with Crippen molar-refractivity contribution in [2.75, 3.05) is 11.1 Å². The lowest BCUT2D eigenvalue weighted by Gasteiger charge is -2.21. The van der Waals surface area contributed by atoms with Crippen molar-refractivity contribution >= 4 is 34.5 Å². The molecule has 0 saturated carbocycles. The average molecular weight is 641 g/mol. The van der Waals surface area contributed by atoms with Crippen molar-refractivity contribution in [1.29, 1.82) is 5.26 Å². The van der Waals surface area contributed by atoms with E-state index in [1.54, 1.807) is 31.2 Å². The number of nitrogens with zero attached hydrogens (tertiary/aromatic N) is 5. The Balaban J connectivity index is 1.32. The normalized spacial score (nSPS) is 12.2. The molecule has 0 aliphatic rings. The molecule has 12 heteroatoms. The van der Waals surface area contributed by atoms with Crippen LogP contribution >= 0.6 is 0 Å². The van der Waals surface area contributed by atoms with Gasteiger partial charge in [0.05, 0.1) is 35.0 Å². The van der Waals surface area contributed by atoms with Crippen molar-refractivity contribution in [2.24, 2.45) is 0 Å². The predicted molar refractivity (Wildman–Crippen MR) is 179 cm³/mol. The van der Waals surface area contributed by atoms with E-state index in [0.29, 0.717) is 28.0 Å². The number of fused-ring (bicyclic) bond motifs is 1. The molecule has 6 aromatic rings. The number of nitriles is 1. The summed E-state index contributed by atoms with van der Waals surface area (Å²) in [6, 6.07) is 24.8. The van der Waals surface area contributed by atoms with Crippen LogP contribution in [0.5, 0.6) is 0 Å². The van der Waals surface area contributed by atoms with Crippen LogP contribution in [0.2, 0.25) is 0 Å². The van der Waals surface area contributed by atoms with Crippen LogP contribution < -0.4 is 16.4 Å². The van der Waals surface area contributed by atoms with Crippen LogP contribution in [-0.2, 0) is 4.79 Å². The van der Waals surface area contributed by atoms with Crippen LogP contribution in [0.1, 0.15) is 52.5 Å². The summed E-state index contributed by atoms with van der Waals surface area (Å²) in [5, 5.41) is 25.9. The molecule has 0 spiro atoms. The summed E-state index contributed by atoms with van der Waals surface area (Å²) in [4.78, 5) is 38.4.